The van der Waals surface area contributed by atoms with Gasteiger partial charge in [-0.2, -0.15) is 10.4 Å². The summed E-state index contributed by atoms with van der Waals surface area (Å²) in [5.74, 6) is -0.0408. The average Bonchev–Trinajstić information content (AvgIpc) is 2.95. The highest BCUT2D eigenvalue weighted by Crippen LogP contribution is 2.27. The van der Waals surface area contributed by atoms with Gasteiger partial charge in [0, 0.05) is 19.3 Å². The van der Waals surface area contributed by atoms with E-state index < -0.39 is 0 Å². The smallest absolute Gasteiger partial charge is 0.255 e. The van der Waals surface area contributed by atoms with Crippen LogP contribution in [0, 0.1) is 25.2 Å². The summed E-state index contributed by atoms with van der Waals surface area (Å²) in [4.78, 5) is 19.8. The van der Waals surface area contributed by atoms with Crippen molar-refractivity contribution < 1.29 is 4.79 Å². The van der Waals surface area contributed by atoms with Crippen molar-refractivity contribution in [2.75, 3.05) is 6.54 Å². The molecular weight excluding hydrogens is 338 g/mol. The summed E-state index contributed by atoms with van der Waals surface area (Å²) in [6, 6.07) is 11.2. The van der Waals surface area contributed by atoms with Crippen molar-refractivity contribution in [1.82, 2.24) is 19.7 Å². The van der Waals surface area contributed by atoms with E-state index in [2.05, 4.69) is 16.2 Å². The maximum Gasteiger partial charge on any atom is 0.255 e. The Labute approximate surface area is 159 Å². The van der Waals surface area contributed by atoms with E-state index >= 15 is 0 Å². The zero-order chi connectivity index (χ0) is 19.7. The van der Waals surface area contributed by atoms with Crippen molar-refractivity contribution >= 4 is 16.9 Å². The predicted octanol–water partition coefficient (Wildman–Crippen LogP) is 3.68. The molecule has 6 heteroatoms. The van der Waals surface area contributed by atoms with Gasteiger partial charge in [-0.25, -0.2) is 4.98 Å². The molecule has 0 aliphatic carbocycles. The normalized spacial score (nSPS) is 12.0. The summed E-state index contributed by atoms with van der Waals surface area (Å²) in [5.41, 5.74) is 4.54. The highest BCUT2D eigenvalue weighted by atomic mass is 16.2. The predicted molar refractivity (Wildman–Crippen MR) is 104 cm³/mol. The van der Waals surface area contributed by atoms with Crippen molar-refractivity contribution in [3.05, 3.63) is 58.4 Å². The van der Waals surface area contributed by atoms with Gasteiger partial charge in [0.2, 0.25) is 0 Å². The molecule has 1 aromatic carbocycles. The fourth-order valence-electron chi connectivity index (χ4n) is 3.50. The maximum absolute atomic E-state index is 13.5. The number of nitriles is 1. The van der Waals surface area contributed by atoms with Gasteiger partial charge in [0.25, 0.3) is 5.91 Å². The Morgan fingerprint density at radius 1 is 1.30 bits per heavy atom. The number of hydrogen-bond acceptors (Lipinski definition) is 4. The third kappa shape index (κ3) is 3.28. The van der Waals surface area contributed by atoms with Gasteiger partial charge in [0.15, 0.2) is 5.65 Å². The minimum atomic E-state index is -0.115. The molecule has 2 aromatic heterocycles. The van der Waals surface area contributed by atoms with E-state index in [1.165, 1.54) is 0 Å². The maximum atomic E-state index is 13.5. The number of rotatable bonds is 4. The van der Waals surface area contributed by atoms with E-state index in [9.17, 15) is 4.79 Å². The van der Waals surface area contributed by atoms with Gasteiger partial charge in [0.05, 0.1) is 34.3 Å². The molecule has 27 heavy (non-hydrogen) atoms. The van der Waals surface area contributed by atoms with Crippen molar-refractivity contribution in [2.45, 2.75) is 33.7 Å². The zero-order valence-electron chi connectivity index (χ0n) is 16.3. The number of amides is 1. The number of nitrogens with zero attached hydrogens (tertiary/aromatic N) is 5. The lowest BCUT2D eigenvalue weighted by atomic mass is 10.0. The van der Waals surface area contributed by atoms with Gasteiger partial charge in [0.1, 0.15) is 0 Å². The van der Waals surface area contributed by atoms with Gasteiger partial charge in [-0.05, 0) is 51.5 Å². The molecule has 0 N–H and O–H groups in total. The molecule has 1 atom stereocenters. The third-order valence-corrected chi connectivity index (χ3v) is 4.92. The summed E-state index contributed by atoms with van der Waals surface area (Å²) in [6.07, 6.45) is 0. The highest BCUT2D eigenvalue weighted by Gasteiger charge is 2.25. The lowest BCUT2D eigenvalue weighted by Gasteiger charge is -2.29. The Hall–Kier alpha value is -3.20. The van der Waals surface area contributed by atoms with Crippen LogP contribution in [0.25, 0.3) is 11.0 Å². The summed E-state index contributed by atoms with van der Waals surface area (Å²) >= 11 is 0. The number of aromatic nitrogens is 3. The summed E-state index contributed by atoms with van der Waals surface area (Å²) in [6.45, 7) is 8.33. The molecule has 0 saturated heterocycles. The van der Waals surface area contributed by atoms with Gasteiger partial charge in [-0.3, -0.25) is 9.48 Å². The SMILES string of the molecule is CCN(C(=O)c1cc(C)nc2c1c(C)nn2C)C(C)c1ccc(C#N)cc1. The molecule has 0 radical (unpaired) electrons. The van der Waals surface area contributed by atoms with Crippen LogP contribution in [0.15, 0.2) is 30.3 Å². The van der Waals surface area contributed by atoms with Crippen LogP contribution in [0.1, 0.15) is 52.8 Å². The van der Waals surface area contributed by atoms with E-state index in [4.69, 9.17) is 5.26 Å². The fourth-order valence-corrected chi connectivity index (χ4v) is 3.50. The Bertz CT molecular complexity index is 1040. The molecule has 0 aliphatic rings. The first-order valence-electron chi connectivity index (χ1n) is 8.99. The van der Waals surface area contributed by atoms with Crippen molar-refractivity contribution in [1.29, 1.82) is 5.26 Å². The molecular formula is C21H23N5O. The first-order chi connectivity index (χ1) is 12.9. The average molecular weight is 361 g/mol. The fraction of sp³-hybridized carbons (Fsp3) is 0.333. The number of aryl methyl sites for hydroxylation is 3. The number of fused-ring (bicyclic) bond motifs is 1. The van der Waals surface area contributed by atoms with Crippen LogP contribution in [-0.4, -0.2) is 32.1 Å². The first kappa shape index (κ1) is 18.6. The Morgan fingerprint density at radius 3 is 2.56 bits per heavy atom. The van der Waals surface area contributed by atoms with Crippen LogP contribution < -0.4 is 0 Å². The number of benzene rings is 1. The number of pyridine rings is 1. The highest BCUT2D eigenvalue weighted by molar-refractivity contribution is 6.06. The van der Waals surface area contributed by atoms with Crippen LogP contribution in [0.5, 0.6) is 0 Å². The zero-order valence-corrected chi connectivity index (χ0v) is 16.3. The van der Waals surface area contributed by atoms with Gasteiger partial charge in [-0.15, -0.1) is 0 Å². The molecule has 138 valence electrons. The second kappa shape index (κ2) is 7.20. The molecule has 3 rings (SSSR count). The molecule has 0 saturated carbocycles. The monoisotopic (exact) mass is 361 g/mol. The number of carbonyl (C=O) groups excluding carboxylic acids is 1. The summed E-state index contributed by atoms with van der Waals surface area (Å²) < 4.78 is 1.72. The summed E-state index contributed by atoms with van der Waals surface area (Å²) in [7, 11) is 1.84. The number of hydrogen-bond donors (Lipinski definition) is 0. The van der Waals surface area contributed by atoms with Crippen molar-refractivity contribution in [3.63, 3.8) is 0 Å². The van der Waals surface area contributed by atoms with Gasteiger partial charge in [-0.1, -0.05) is 12.1 Å². The third-order valence-electron chi connectivity index (χ3n) is 4.92. The van der Waals surface area contributed by atoms with E-state index in [0.717, 1.165) is 28.0 Å². The lowest BCUT2D eigenvalue weighted by Crippen LogP contribution is -2.33. The molecule has 3 aromatic rings. The largest absolute Gasteiger partial charge is 0.332 e. The van der Waals surface area contributed by atoms with Crippen LogP contribution >= 0.6 is 0 Å². The topological polar surface area (TPSA) is 74.8 Å². The second-order valence-corrected chi connectivity index (χ2v) is 6.72. The van der Waals surface area contributed by atoms with Crippen LogP contribution in [0.4, 0.5) is 0 Å². The van der Waals surface area contributed by atoms with Crippen LogP contribution in [0.3, 0.4) is 0 Å². The molecule has 2 heterocycles. The number of carbonyl (C=O) groups is 1. The van der Waals surface area contributed by atoms with E-state index in [1.54, 1.807) is 16.8 Å². The standard InChI is InChI=1S/C21H23N5O/c1-6-26(15(4)17-9-7-16(12-22)8-10-17)21(27)18-11-13(2)23-20-19(18)14(3)24-25(20)5/h7-11,15H,6H2,1-5H3. The van der Waals surface area contributed by atoms with E-state index in [1.807, 2.05) is 57.8 Å². The first-order valence-corrected chi connectivity index (χ1v) is 8.99. The van der Waals surface area contributed by atoms with Gasteiger partial charge >= 0.3 is 0 Å². The van der Waals surface area contributed by atoms with Crippen LogP contribution in [-0.2, 0) is 7.05 Å². The van der Waals surface area contributed by atoms with E-state index in [0.29, 0.717) is 17.7 Å². The quantitative estimate of drug-likeness (QED) is 0.710. The molecule has 1 unspecified atom stereocenters. The summed E-state index contributed by atoms with van der Waals surface area (Å²) in [5, 5.41) is 14.2. The molecule has 0 spiro atoms. The van der Waals surface area contributed by atoms with Crippen molar-refractivity contribution in [3.8, 4) is 6.07 Å². The van der Waals surface area contributed by atoms with Gasteiger partial charge < -0.3 is 4.90 Å². The molecule has 0 aliphatic heterocycles. The molecule has 6 nitrogen and oxygen atoms in total. The Balaban J connectivity index is 2.05. The van der Waals surface area contributed by atoms with Crippen molar-refractivity contribution in [2.24, 2.45) is 7.05 Å². The van der Waals surface area contributed by atoms with Crippen LogP contribution in [0.2, 0.25) is 0 Å². The molecule has 0 bridgehead atoms. The minimum absolute atomic E-state index is 0.0408. The molecule has 0 fully saturated rings. The van der Waals surface area contributed by atoms with E-state index in [-0.39, 0.29) is 11.9 Å². The Kier molecular flexibility index (Phi) is 4.95. The minimum Gasteiger partial charge on any atom is -0.332 e. The molecule has 1 amide bonds. The Morgan fingerprint density at radius 2 is 1.96 bits per heavy atom. The lowest BCUT2D eigenvalue weighted by molar-refractivity contribution is 0.0704. The second-order valence-electron chi connectivity index (χ2n) is 6.72.